The summed E-state index contributed by atoms with van der Waals surface area (Å²) in [5.74, 6) is 0. The van der Waals surface area contributed by atoms with E-state index in [0.717, 1.165) is 38.8 Å². The number of hydrogen-bond donors (Lipinski definition) is 0. The molecule has 3 heterocycles. The fourth-order valence-electron chi connectivity index (χ4n) is 9.29. The zero-order valence-corrected chi connectivity index (χ0v) is 35.2. The smallest absolute Gasteiger partial charge is 0.252 e. The van der Waals surface area contributed by atoms with Crippen LogP contribution in [-0.4, -0.2) is 6.71 Å². The molecule has 0 bridgehead atoms. The topological polar surface area (TPSA) is 19.6 Å². The van der Waals surface area contributed by atoms with Crippen molar-refractivity contribution in [3.8, 4) is 11.1 Å². The fraction of sp³-hybridized carbons (Fsp3) is 0.222. The van der Waals surface area contributed by atoms with Crippen LogP contribution < -0.4 is 26.2 Å². The van der Waals surface area contributed by atoms with Gasteiger partial charge < -0.3 is 14.2 Å². The van der Waals surface area contributed by atoms with E-state index in [4.69, 9.17) is 4.42 Å². The Kier molecular flexibility index (Phi) is 7.99. The normalized spacial score (nSPS) is 13.8. The SMILES string of the molecule is CC(C)(C)c1ccc(N2c3cc(C(C)(C)C)ccc3B3c4ccc(C(C)(C)C)cc4N(c4ccc(-c5cccc6c5oc5ccccc56)cc4)c4cccc2c43)cc1. The van der Waals surface area contributed by atoms with E-state index >= 15 is 0 Å². The van der Waals surface area contributed by atoms with E-state index in [2.05, 4.69) is 212 Å². The number of benzene rings is 7. The van der Waals surface area contributed by atoms with E-state index in [1.54, 1.807) is 0 Å². The quantitative estimate of drug-likeness (QED) is 0.168. The molecule has 0 unspecified atom stereocenters. The molecule has 0 spiro atoms. The minimum atomic E-state index is -0.0138. The molecule has 0 saturated heterocycles. The Morgan fingerprint density at radius 2 is 0.914 bits per heavy atom. The summed E-state index contributed by atoms with van der Waals surface area (Å²) in [4.78, 5) is 5.04. The average molecular weight is 755 g/mol. The van der Waals surface area contributed by atoms with Crippen LogP contribution in [0.15, 0.2) is 150 Å². The molecule has 3 nitrogen and oxygen atoms in total. The maximum atomic E-state index is 6.48. The predicted molar refractivity (Wildman–Crippen MR) is 249 cm³/mol. The Morgan fingerprint density at radius 1 is 0.431 bits per heavy atom. The number of furan rings is 1. The second-order valence-electron chi connectivity index (χ2n) is 19.5. The Balaban J connectivity index is 1.19. The van der Waals surface area contributed by atoms with E-state index in [-0.39, 0.29) is 23.0 Å². The van der Waals surface area contributed by atoms with Crippen LogP contribution in [-0.2, 0) is 16.2 Å². The number of rotatable bonds is 3. The van der Waals surface area contributed by atoms with Gasteiger partial charge in [0.05, 0.1) is 0 Å². The zero-order valence-electron chi connectivity index (χ0n) is 35.2. The lowest BCUT2D eigenvalue weighted by Crippen LogP contribution is -2.61. The summed E-state index contributed by atoms with van der Waals surface area (Å²) in [6.45, 7) is 20.8. The first kappa shape index (κ1) is 36.4. The van der Waals surface area contributed by atoms with Gasteiger partial charge in [-0.1, -0.05) is 153 Å². The average Bonchev–Trinajstić information content (AvgIpc) is 3.59. The van der Waals surface area contributed by atoms with Gasteiger partial charge in [-0.3, -0.25) is 0 Å². The van der Waals surface area contributed by atoms with Gasteiger partial charge in [0.1, 0.15) is 11.2 Å². The van der Waals surface area contributed by atoms with Crippen molar-refractivity contribution < 1.29 is 4.42 Å². The number of fused-ring (bicyclic) bond motifs is 7. The Labute approximate surface area is 344 Å². The van der Waals surface area contributed by atoms with E-state index < -0.39 is 0 Å². The Morgan fingerprint density at radius 3 is 1.47 bits per heavy atom. The third-order valence-corrected chi connectivity index (χ3v) is 12.6. The second kappa shape index (κ2) is 12.8. The molecule has 0 atom stereocenters. The van der Waals surface area contributed by atoms with Gasteiger partial charge in [0.15, 0.2) is 0 Å². The molecular formula is C54H51BN2O. The van der Waals surface area contributed by atoms with E-state index in [0.29, 0.717) is 0 Å². The molecule has 4 heteroatoms. The minimum absolute atomic E-state index is 0.00387. The number of nitrogens with zero attached hydrogens (tertiary/aromatic N) is 2. The highest BCUT2D eigenvalue weighted by Gasteiger charge is 2.43. The van der Waals surface area contributed by atoms with Crippen molar-refractivity contribution in [3.63, 3.8) is 0 Å². The van der Waals surface area contributed by atoms with Crippen molar-refractivity contribution in [2.75, 3.05) is 9.80 Å². The highest BCUT2D eigenvalue weighted by atomic mass is 16.3. The Hall–Kier alpha value is -6.00. The summed E-state index contributed by atoms with van der Waals surface area (Å²) in [6, 6.07) is 54.6. The van der Waals surface area contributed by atoms with Crippen molar-refractivity contribution in [2.45, 2.75) is 78.6 Å². The first-order valence-corrected chi connectivity index (χ1v) is 20.8. The fourth-order valence-corrected chi connectivity index (χ4v) is 9.29. The van der Waals surface area contributed by atoms with Gasteiger partial charge in [-0.15, -0.1) is 0 Å². The van der Waals surface area contributed by atoms with E-state index in [1.807, 2.05) is 6.07 Å². The molecule has 286 valence electrons. The van der Waals surface area contributed by atoms with Crippen molar-refractivity contribution in [1.82, 2.24) is 0 Å². The molecule has 0 aliphatic carbocycles. The molecular weight excluding hydrogens is 703 g/mol. The van der Waals surface area contributed by atoms with E-state index in [1.165, 1.54) is 61.5 Å². The second-order valence-corrected chi connectivity index (χ2v) is 19.5. The summed E-state index contributed by atoms with van der Waals surface area (Å²) >= 11 is 0. The van der Waals surface area contributed by atoms with Crippen molar-refractivity contribution >= 4 is 79.2 Å². The Bertz CT molecular complexity index is 2900. The van der Waals surface area contributed by atoms with E-state index in [9.17, 15) is 0 Å². The molecule has 0 fully saturated rings. The molecule has 10 rings (SSSR count). The van der Waals surface area contributed by atoms with Crippen LogP contribution in [0.3, 0.4) is 0 Å². The number of anilines is 6. The molecule has 8 aromatic rings. The maximum Gasteiger partial charge on any atom is 0.252 e. The van der Waals surface area contributed by atoms with Gasteiger partial charge in [0.2, 0.25) is 0 Å². The lowest BCUT2D eigenvalue weighted by Gasteiger charge is -2.45. The van der Waals surface area contributed by atoms with Crippen molar-refractivity contribution in [3.05, 3.63) is 162 Å². The third-order valence-electron chi connectivity index (χ3n) is 12.6. The van der Waals surface area contributed by atoms with Crippen LogP contribution in [0, 0.1) is 0 Å². The molecule has 2 aliphatic rings. The standard InChI is InChI=1S/C54H51BN2O/c1-52(2,3)35-22-28-39(29-23-35)57-46-18-13-17-45-50(46)55(44-31-25-37(33-48(44)57)54(7,8)9)43-30-24-36(53(4,5)6)32-47(43)56(45)38-26-20-34(21-27-38)40-15-12-16-42-41-14-10-11-19-49(41)58-51(40)42/h10-33H,1-9H3. The maximum absolute atomic E-state index is 6.48. The number of hydrogen-bond acceptors (Lipinski definition) is 3. The van der Waals surface area contributed by atoms with Gasteiger partial charge in [-0.25, -0.2) is 0 Å². The molecule has 7 aromatic carbocycles. The molecule has 0 N–H and O–H groups in total. The summed E-state index contributed by atoms with van der Waals surface area (Å²) in [7, 11) is 0. The summed E-state index contributed by atoms with van der Waals surface area (Å²) < 4.78 is 6.48. The largest absolute Gasteiger partial charge is 0.455 e. The van der Waals surface area contributed by atoms with Gasteiger partial charge in [0, 0.05) is 50.5 Å². The minimum Gasteiger partial charge on any atom is -0.455 e. The van der Waals surface area contributed by atoms with Gasteiger partial charge in [0.25, 0.3) is 6.71 Å². The highest BCUT2D eigenvalue weighted by molar-refractivity contribution is 7.00. The molecule has 0 amide bonds. The first-order valence-electron chi connectivity index (χ1n) is 20.8. The summed E-state index contributed by atoms with van der Waals surface area (Å²) in [5.41, 5.74) is 19.4. The monoisotopic (exact) mass is 754 g/mol. The molecule has 58 heavy (non-hydrogen) atoms. The molecule has 2 aliphatic heterocycles. The van der Waals surface area contributed by atoms with Gasteiger partial charge in [-0.05, 0) is 109 Å². The van der Waals surface area contributed by atoms with Crippen LogP contribution in [0.1, 0.15) is 79.0 Å². The number of para-hydroxylation sites is 2. The van der Waals surface area contributed by atoms with Crippen LogP contribution in [0.2, 0.25) is 0 Å². The predicted octanol–water partition coefficient (Wildman–Crippen LogP) is 13.2. The lowest BCUT2D eigenvalue weighted by molar-refractivity contribution is 0.590. The highest BCUT2D eigenvalue weighted by Crippen LogP contribution is 2.46. The van der Waals surface area contributed by atoms with Crippen LogP contribution in [0.25, 0.3) is 33.1 Å². The van der Waals surface area contributed by atoms with Crippen LogP contribution in [0.5, 0.6) is 0 Å². The van der Waals surface area contributed by atoms with Crippen molar-refractivity contribution in [1.29, 1.82) is 0 Å². The molecule has 0 saturated carbocycles. The summed E-state index contributed by atoms with van der Waals surface area (Å²) in [6.07, 6.45) is 0. The van der Waals surface area contributed by atoms with Gasteiger partial charge >= 0.3 is 0 Å². The molecule has 0 radical (unpaired) electrons. The lowest BCUT2D eigenvalue weighted by atomic mass is 9.33. The third kappa shape index (κ3) is 5.71. The van der Waals surface area contributed by atoms with Gasteiger partial charge in [-0.2, -0.15) is 0 Å². The first-order chi connectivity index (χ1) is 27.7. The van der Waals surface area contributed by atoms with Crippen LogP contribution in [0.4, 0.5) is 34.1 Å². The summed E-state index contributed by atoms with van der Waals surface area (Å²) in [5, 5.41) is 2.29. The molecule has 1 aromatic heterocycles. The zero-order chi connectivity index (χ0) is 40.3. The van der Waals surface area contributed by atoms with Crippen molar-refractivity contribution in [2.24, 2.45) is 0 Å². The van der Waals surface area contributed by atoms with Crippen LogP contribution >= 0.6 is 0 Å².